The van der Waals surface area contributed by atoms with Crippen LogP contribution < -0.4 is 0 Å². The van der Waals surface area contributed by atoms with Gasteiger partial charge in [-0.15, -0.1) is 26.6 Å². The van der Waals surface area contributed by atoms with Gasteiger partial charge in [-0.1, -0.05) is 22.6 Å². The van der Waals surface area contributed by atoms with Crippen LogP contribution in [0.3, 0.4) is 0 Å². The van der Waals surface area contributed by atoms with Gasteiger partial charge in [0.1, 0.15) is 5.69 Å². The molecule has 17 heteroatoms. The molecule has 59 heavy (non-hydrogen) atoms. The topological polar surface area (TPSA) is 177 Å². The van der Waals surface area contributed by atoms with E-state index < -0.39 is 0 Å². The number of hydrogen-bond donors (Lipinski definition) is 1. The van der Waals surface area contributed by atoms with Crippen LogP contribution in [0.1, 0.15) is 46.6 Å². The summed E-state index contributed by atoms with van der Waals surface area (Å²) in [4.78, 5) is 54.2. The second-order valence-electron chi connectivity index (χ2n) is 14.9. The van der Waals surface area contributed by atoms with Crippen molar-refractivity contribution >= 4 is 61.3 Å². The quantitative estimate of drug-likeness (QED) is 0.183. The molecule has 0 saturated carbocycles. The minimum Gasteiger partial charge on any atom is -0.353 e. The van der Waals surface area contributed by atoms with E-state index in [1.165, 1.54) is 16.2 Å². The number of benzene rings is 2. The molecule has 1 N–H and O–H groups in total. The Kier molecular flexibility index (Phi) is 10.3. The SMILES string of the molecule is CN(C)C(=O)c1nc2cc(C3=CCCN(C(=O)CCn4ccnn4)C3)cc(-c3cc(C4=CCCN(C(=O)CCn5ccnn5)C4)cc4[nH]c(-c5cccnn5)cc34)c2s1. The predicted octanol–water partition coefficient (Wildman–Crippen LogP) is 5.20. The Hall–Kier alpha value is -6.88. The second kappa shape index (κ2) is 16.2. The average molecular weight is 808 g/mol. The zero-order valence-corrected chi connectivity index (χ0v) is 33.5. The molecule has 2 aromatic carbocycles. The highest BCUT2D eigenvalue weighted by molar-refractivity contribution is 7.20. The van der Waals surface area contributed by atoms with Gasteiger partial charge >= 0.3 is 0 Å². The summed E-state index contributed by atoms with van der Waals surface area (Å²) in [7, 11) is 3.45. The standard InChI is InChI=1S/C42H41N13O3S/c1-51(2)42(58)41-47-37-23-30(28-7-5-15-53(26-28)39(57)10-17-55-19-13-45-50-55)21-33(40(37)59-41)31-20-29(22-35-32(31)24-36(46-35)34-8-3-11-43-48-34)27-6-4-14-52(25-27)38(56)9-16-54-18-12-44-49-54/h3,6-8,11-13,18-24,46H,4-5,9-10,14-17,25-26H2,1-2H3. The number of aromatic nitrogens is 10. The summed E-state index contributed by atoms with van der Waals surface area (Å²) >= 11 is 1.37. The molecule has 0 radical (unpaired) electrons. The molecule has 7 heterocycles. The number of nitrogens with zero attached hydrogens (tertiary/aromatic N) is 12. The summed E-state index contributed by atoms with van der Waals surface area (Å²) in [6.45, 7) is 3.08. The Morgan fingerprint density at radius 3 is 2.02 bits per heavy atom. The predicted molar refractivity (Wildman–Crippen MR) is 224 cm³/mol. The lowest BCUT2D eigenvalue weighted by Gasteiger charge is -2.28. The molecule has 5 aromatic heterocycles. The van der Waals surface area contributed by atoms with Crippen molar-refractivity contribution in [3.8, 4) is 22.5 Å². The third-order valence-electron chi connectivity index (χ3n) is 10.8. The number of aryl methyl sites for hydroxylation is 2. The Morgan fingerprint density at radius 2 is 1.42 bits per heavy atom. The summed E-state index contributed by atoms with van der Waals surface area (Å²) in [5.74, 6) is -0.0721. The van der Waals surface area contributed by atoms with E-state index in [-0.39, 0.29) is 17.7 Å². The van der Waals surface area contributed by atoms with Crippen molar-refractivity contribution in [2.75, 3.05) is 40.3 Å². The molecule has 2 aliphatic heterocycles. The molecule has 9 rings (SSSR count). The average Bonchev–Trinajstić information content (AvgIpc) is 4.12. The maximum atomic E-state index is 13.5. The van der Waals surface area contributed by atoms with E-state index >= 15 is 0 Å². The summed E-state index contributed by atoms with van der Waals surface area (Å²) in [5.41, 5.74) is 8.92. The van der Waals surface area contributed by atoms with Crippen molar-refractivity contribution in [3.05, 3.63) is 102 Å². The molecule has 7 aromatic rings. The number of carbonyl (C=O) groups is 3. The van der Waals surface area contributed by atoms with Gasteiger partial charge in [0.05, 0.1) is 41.4 Å². The van der Waals surface area contributed by atoms with Crippen LogP contribution in [0.15, 0.2) is 85.6 Å². The third-order valence-corrected chi connectivity index (χ3v) is 11.9. The highest BCUT2D eigenvalue weighted by Crippen LogP contribution is 2.42. The first kappa shape index (κ1) is 37.7. The van der Waals surface area contributed by atoms with Crippen molar-refractivity contribution in [3.63, 3.8) is 0 Å². The van der Waals surface area contributed by atoms with Crippen LogP contribution >= 0.6 is 11.3 Å². The van der Waals surface area contributed by atoms with Gasteiger partial charge in [-0.25, -0.2) is 4.98 Å². The van der Waals surface area contributed by atoms with Crippen LogP contribution in [-0.2, 0) is 22.7 Å². The Morgan fingerprint density at radius 1 is 0.780 bits per heavy atom. The number of fused-ring (bicyclic) bond motifs is 2. The number of H-pyrrole nitrogens is 1. The zero-order chi connectivity index (χ0) is 40.5. The fourth-order valence-electron chi connectivity index (χ4n) is 7.70. The van der Waals surface area contributed by atoms with Gasteiger partial charge in [-0.2, -0.15) is 5.10 Å². The number of nitrogens with one attached hydrogen (secondary N) is 1. The molecule has 0 aliphatic carbocycles. The van der Waals surface area contributed by atoms with Crippen LogP contribution in [0.2, 0.25) is 0 Å². The zero-order valence-electron chi connectivity index (χ0n) is 32.7. The Balaban J connectivity index is 1.13. The van der Waals surface area contributed by atoms with Crippen molar-refractivity contribution < 1.29 is 14.4 Å². The first-order valence-electron chi connectivity index (χ1n) is 19.5. The lowest BCUT2D eigenvalue weighted by Crippen LogP contribution is -2.36. The molecule has 0 spiro atoms. The molecule has 0 unspecified atom stereocenters. The van der Waals surface area contributed by atoms with E-state index in [0.29, 0.717) is 74.7 Å². The molecule has 0 saturated heterocycles. The van der Waals surface area contributed by atoms with Crippen molar-refractivity contribution in [1.29, 1.82) is 0 Å². The highest BCUT2D eigenvalue weighted by atomic mass is 32.1. The van der Waals surface area contributed by atoms with Gasteiger partial charge in [0.2, 0.25) is 11.8 Å². The van der Waals surface area contributed by atoms with Gasteiger partial charge < -0.3 is 19.7 Å². The normalized spacial score (nSPS) is 14.5. The van der Waals surface area contributed by atoms with Crippen LogP contribution in [0.4, 0.5) is 0 Å². The Bertz CT molecular complexity index is 2730. The van der Waals surface area contributed by atoms with Gasteiger partial charge in [-0.05, 0) is 83.1 Å². The number of amides is 3. The van der Waals surface area contributed by atoms with Crippen molar-refractivity contribution in [2.24, 2.45) is 0 Å². The van der Waals surface area contributed by atoms with E-state index in [2.05, 4.69) is 72.2 Å². The highest BCUT2D eigenvalue weighted by Gasteiger charge is 2.25. The summed E-state index contributed by atoms with van der Waals surface area (Å²) in [6, 6.07) is 14.4. The number of aromatic amines is 1. The number of hydrogen-bond acceptors (Lipinski definition) is 11. The maximum absolute atomic E-state index is 13.5. The monoisotopic (exact) mass is 807 g/mol. The lowest BCUT2D eigenvalue weighted by molar-refractivity contribution is -0.131. The van der Waals surface area contributed by atoms with Crippen molar-refractivity contribution in [1.82, 2.24) is 64.9 Å². The molecule has 0 atom stereocenters. The van der Waals surface area contributed by atoms with Crippen LogP contribution in [0.25, 0.3) is 54.8 Å². The molecule has 298 valence electrons. The van der Waals surface area contributed by atoms with Crippen LogP contribution in [-0.4, -0.2) is 123 Å². The molecule has 3 amide bonds. The van der Waals surface area contributed by atoms with E-state index in [4.69, 9.17) is 4.98 Å². The third kappa shape index (κ3) is 7.88. The van der Waals surface area contributed by atoms with Gasteiger partial charge in [-0.3, -0.25) is 23.7 Å². The fraction of sp³-hybridized carbons (Fsp3) is 0.286. The van der Waals surface area contributed by atoms with Gasteiger partial charge in [0.15, 0.2) is 5.01 Å². The minimum absolute atomic E-state index is 0.0462. The van der Waals surface area contributed by atoms with Gasteiger partial charge in [0.25, 0.3) is 5.91 Å². The molecular weight excluding hydrogens is 767 g/mol. The molecule has 2 aliphatic rings. The van der Waals surface area contributed by atoms with Crippen LogP contribution in [0, 0.1) is 0 Å². The van der Waals surface area contributed by atoms with Crippen LogP contribution in [0.5, 0.6) is 0 Å². The van der Waals surface area contributed by atoms with E-state index in [0.717, 1.165) is 61.1 Å². The van der Waals surface area contributed by atoms with E-state index in [1.54, 1.807) is 54.4 Å². The number of rotatable bonds is 11. The maximum Gasteiger partial charge on any atom is 0.282 e. The first-order valence-corrected chi connectivity index (χ1v) is 20.3. The molecular formula is C42H41N13O3S. The smallest absolute Gasteiger partial charge is 0.282 e. The van der Waals surface area contributed by atoms with E-state index in [1.807, 2.05) is 28.0 Å². The van der Waals surface area contributed by atoms with Gasteiger partial charge in [0, 0.05) is 88.2 Å². The number of thiazole rings is 1. The molecule has 0 fully saturated rings. The largest absolute Gasteiger partial charge is 0.353 e. The minimum atomic E-state index is -0.175. The number of carbonyl (C=O) groups excluding carboxylic acids is 3. The van der Waals surface area contributed by atoms with E-state index in [9.17, 15) is 14.4 Å². The summed E-state index contributed by atoms with van der Waals surface area (Å²) in [6.07, 6.45) is 14.9. The molecule has 16 nitrogen and oxygen atoms in total. The Labute approximate surface area is 342 Å². The van der Waals surface area contributed by atoms with Crippen molar-refractivity contribution in [2.45, 2.75) is 38.8 Å². The molecule has 0 bridgehead atoms. The first-order chi connectivity index (χ1) is 28.8. The lowest BCUT2D eigenvalue weighted by atomic mass is 9.91. The fourth-order valence-corrected chi connectivity index (χ4v) is 8.80. The summed E-state index contributed by atoms with van der Waals surface area (Å²) < 4.78 is 4.21. The second-order valence-corrected chi connectivity index (χ2v) is 15.9. The summed E-state index contributed by atoms with van der Waals surface area (Å²) in [5, 5.41) is 25.6.